The topological polar surface area (TPSA) is 90.9 Å². The summed E-state index contributed by atoms with van der Waals surface area (Å²) in [7, 11) is 0. The van der Waals surface area contributed by atoms with Crippen LogP contribution in [0, 0.1) is 11.7 Å². The van der Waals surface area contributed by atoms with Crippen LogP contribution in [0.1, 0.15) is 19.8 Å². The molecule has 26 heavy (non-hydrogen) atoms. The van der Waals surface area contributed by atoms with Crippen molar-refractivity contribution in [1.82, 2.24) is 25.5 Å². The Morgan fingerprint density at radius 1 is 1.31 bits per heavy atom. The maximum absolute atomic E-state index is 14.1. The molecule has 1 unspecified atom stereocenters. The largest absolute Gasteiger partial charge is 0.338 e. The maximum Gasteiger partial charge on any atom is 0.251 e. The van der Waals surface area contributed by atoms with Crippen LogP contribution in [0.25, 0.3) is 10.9 Å². The van der Waals surface area contributed by atoms with Crippen LogP contribution in [0.2, 0.25) is 0 Å². The summed E-state index contributed by atoms with van der Waals surface area (Å²) in [5.41, 5.74) is 2.63. The second kappa shape index (κ2) is 7.17. The van der Waals surface area contributed by atoms with Crippen LogP contribution < -0.4 is 10.6 Å². The molecule has 0 saturated carbocycles. The molecule has 0 radical (unpaired) electrons. The first-order valence-electron chi connectivity index (χ1n) is 8.67. The fourth-order valence-corrected chi connectivity index (χ4v) is 2.96. The van der Waals surface area contributed by atoms with Crippen molar-refractivity contribution in [3.8, 4) is 0 Å². The lowest BCUT2D eigenvalue weighted by Crippen LogP contribution is -2.22. The minimum absolute atomic E-state index is 0.108. The van der Waals surface area contributed by atoms with Gasteiger partial charge in [0, 0.05) is 23.3 Å². The molecule has 1 fully saturated rings. The summed E-state index contributed by atoms with van der Waals surface area (Å²) in [5, 5.41) is 14.2. The van der Waals surface area contributed by atoms with Gasteiger partial charge in [-0.05, 0) is 43.5 Å². The number of H-pyrrole nitrogens is 1. The standard InChI is InChI=1S/C18H20FN7/c1-11-2-3-14(9-20-7-11)24-18-21-10-15(19)17(25-18)23-13-4-5-16-12(6-13)8-22-26-16/h4-6,8,10-11,20H,2-3,7,9H2,1H3,(H,22,26)(H,21,23,25). The summed E-state index contributed by atoms with van der Waals surface area (Å²) in [6, 6.07) is 5.59. The fraction of sp³-hybridized carbons (Fsp3) is 0.333. The zero-order valence-electron chi connectivity index (χ0n) is 14.5. The molecule has 8 heteroatoms. The average molecular weight is 353 g/mol. The van der Waals surface area contributed by atoms with E-state index in [1.54, 1.807) is 6.20 Å². The summed E-state index contributed by atoms with van der Waals surface area (Å²) in [5.74, 6) is 0.475. The van der Waals surface area contributed by atoms with E-state index in [0.717, 1.165) is 47.9 Å². The lowest BCUT2D eigenvalue weighted by molar-refractivity contribution is 0.527. The molecule has 7 nitrogen and oxygen atoms in total. The Bertz CT molecular complexity index is 950. The number of aromatic amines is 1. The van der Waals surface area contributed by atoms with Crippen molar-refractivity contribution in [2.75, 3.05) is 18.4 Å². The minimum atomic E-state index is -0.520. The molecule has 1 aromatic carbocycles. The van der Waals surface area contributed by atoms with Gasteiger partial charge in [-0.25, -0.2) is 14.4 Å². The van der Waals surface area contributed by atoms with Crippen molar-refractivity contribution in [3.63, 3.8) is 0 Å². The summed E-state index contributed by atoms with van der Waals surface area (Å²) < 4.78 is 14.1. The van der Waals surface area contributed by atoms with E-state index in [1.807, 2.05) is 18.2 Å². The van der Waals surface area contributed by atoms with E-state index in [9.17, 15) is 4.39 Å². The van der Waals surface area contributed by atoms with E-state index < -0.39 is 5.82 Å². The third kappa shape index (κ3) is 3.70. The van der Waals surface area contributed by atoms with Gasteiger partial charge in [-0.3, -0.25) is 5.10 Å². The van der Waals surface area contributed by atoms with Crippen LogP contribution in [0.15, 0.2) is 35.6 Å². The minimum Gasteiger partial charge on any atom is -0.338 e. The Labute approximate surface area is 150 Å². The lowest BCUT2D eigenvalue weighted by atomic mass is 10.1. The monoisotopic (exact) mass is 353 g/mol. The molecule has 134 valence electrons. The van der Waals surface area contributed by atoms with Gasteiger partial charge < -0.3 is 10.6 Å². The van der Waals surface area contributed by atoms with Crippen LogP contribution in [-0.2, 0) is 0 Å². The van der Waals surface area contributed by atoms with Crippen molar-refractivity contribution in [3.05, 3.63) is 36.4 Å². The van der Waals surface area contributed by atoms with Crippen molar-refractivity contribution in [1.29, 1.82) is 0 Å². The van der Waals surface area contributed by atoms with E-state index in [-0.39, 0.29) is 11.8 Å². The van der Waals surface area contributed by atoms with E-state index in [1.165, 1.54) is 0 Å². The first-order valence-corrected chi connectivity index (χ1v) is 8.67. The molecule has 1 aliphatic heterocycles. The van der Waals surface area contributed by atoms with Gasteiger partial charge in [0.15, 0.2) is 11.6 Å². The zero-order chi connectivity index (χ0) is 17.9. The normalized spacial score (nSPS) is 19.6. The number of benzene rings is 1. The first kappa shape index (κ1) is 16.6. The number of anilines is 2. The van der Waals surface area contributed by atoms with Gasteiger partial charge in [-0.1, -0.05) is 6.92 Å². The van der Waals surface area contributed by atoms with E-state index in [2.05, 4.69) is 42.7 Å². The summed E-state index contributed by atoms with van der Waals surface area (Å²) in [6.07, 6.45) is 4.84. The molecule has 0 spiro atoms. The number of hydrogen-bond acceptors (Lipinski definition) is 6. The fourth-order valence-electron chi connectivity index (χ4n) is 2.96. The number of nitrogens with one attached hydrogen (secondary N) is 3. The number of rotatable bonds is 3. The number of nitrogens with zero attached hydrogens (tertiary/aromatic N) is 4. The molecule has 3 heterocycles. The second-order valence-corrected chi connectivity index (χ2v) is 6.62. The highest BCUT2D eigenvalue weighted by molar-refractivity contribution is 5.88. The molecule has 1 atom stereocenters. The number of aliphatic imine (C=N–C) groups is 1. The van der Waals surface area contributed by atoms with Gasteiger partial charge in [0.05, 0.1) is 17.9 Å². The molecule has 3 aromatic rings. The maximum atomic E-state index is 14.1. The van der Waals surface area contributed by atoms with Crippen LogP contribution >= 0.6 is 0 Å². The average Bonchev–Trinajstić information content (AvgIpc) is 3.00. The molecule has 3 N–H and O–H groups in total. The van der Waals surface area contributed by atoms with Gasteiger partial charge in [0.25, 0.3) is 5.95 Å². The molecule has 1 aliphatic rings. The van der Waals surface area contributed by atoms with Crippen molar-refractivity contribution in [2.45, 2.75) is 19.8 Å². The Morgan fingerprint density at radius 2 is 2.23 bits per heavy atom. The Morgan fingerprint density at radius 3 is 3.15 bits per heavy atom. The molecule has 2 aromatic heterocycles. The van der Waals surface area contributed by atoms with Crippen LogP contribution in [0.4, 0.5) is 21.8 Å². The molecule has 4 rings (SSSR count). The lowest BCUT2D eigenvalue weighted by Gasteiger charge is -2.08. The summed E-state index contributed by atoms with van der Waals surface area (Å²) >= 11 is 0. The highest BCUT2D eigenvalue weighted by atomic mass is 19.1. The number of aromatic nitrogens is 4. The molecule has 1 saturated heterocycles. The predicted molar refractivity (Wildman–Crippen MR) is 99.7 cm³/mol. The third-order valence-corrected chi connectivity index (χ3v) is 4.44. The van der Waals surface area contributed by atoms with Gasteiger partial charge in [-0.15, -0.1) is 0 Å². The van der Waals surface area contributed by atoms with Crippen LogP contribution in [0.3, 0.4) is 0 Å². The van der Waals surface area contributed by atoms with Crippen molar-refractivity contribution < 1.29 is 4.39 Å². The predicted octanol–water partition coefficient (Wildman–Crippen LogP) is 3.33. The quantitative estimate of drug-likeness (QED) is 0.672. The number of fused-ring (bicyclic) bond motifs is 1. The smallest absolute Gasteiger partial charge is 0.251 e. The second-order valence-electron chi connectivity index (χ2n) is 6.62. The highest BCUT2D eigenvalue weighted by Crippen LogP contribution is 2.23. The van der Waals surface area contributed by atoms with Gasteiger partial charge in [0.2, 0.25) is 0 Å². The summed E-state index contributed by atoms with van der Waals surface area (Å²) in [6.45, 7) is 3.90. The molecular weight excluding hydrogens is 333 g/mol. The van der Waals surface area contributed by atoms with E-state index in [4.69, 9.17) is 0 Å². The number of hydrogen-bond donors (Lipinski definition) is 3. The van der Waals surface area contributed by atoms with Gasteiger partial charge >= 0.3 is 0 Å². The number of halogens is 1. The van der Waals surface area contributed by atoms with E-state index in [0.29, 0.717) is 12.5 Å². The zero-order valence-corrected chi connectivity index (χ0v) is 14.5. The third-order valence-electron chi connectivity index (χ3n) is 4.44. The summed E-state index contributed by atoms with van der Waals surface area (Å²) in [4.78, 5) is 12.8. The molecule has 0 amide bonds. The SMILES string of the molecule is CC1CCC(=Nc2ncc(F)c(Nc3ccc4[nH]ncc4c3)n2)CNC1. The molecular formula is C18H20FN7. The Balaban J connectivity index is 1.57. The van der Waals surface area contributed by atoms with Gasteiger partial charge in [0.1, 0.15) is 0 Å². The Hall–Kier alpha value is -2.87. The van der Waals surface area contributed by atoms with Crippen LogP contribution in [0.5, 0.6) is 0 Å². The Kier molecular flexibility index (Phi) is 4.57. The first-order chi connectivity index (χ1) is 12.7. The molecule has 0 bridgehead atoms. The highest BCUT2D eigenvalue weighted by Gasteiger charge is 2.13. The van der Waals surface area contributed by atoms with Gasteiger partial charge in [-0.2, -0.15) is 10.1 Å². The molecule has 0 aliphatic carbocycles. The van der Waals surface area contributed by atoms with Crippen LogP contribution in [-0.4, -0.2) is 39.0 Å². The van der Waals surface area contributed by atoms with Crippen molar-refractivity contribution in [2.24, 2.45) is 10.9 Å². The van der Waals surface area contributed by atoms with Crippen molar-refractivity contribution >= 4 is 34.1 Å². The van der Waals surface area contributed by atoms with E-state index >= 15 is 0 Å².